The van der Waals surface area contributed by atoms with E-state index in [0.717, 1.165) is 18.4 Å². The number of hydrogen-bond donors (Lipinski definition) is 1. The van der Waals surface area contributed by atoms with Crippen LogP contribution in [-0.4, -0.2) is 17.7 Å². The molecule has 1 N–H and O–H groups in total. The molecule has 0 fully saturated rings. The molecule has 1 rings (SSSR count). The van der Waals surface area contributed by atoms with Gasteiger partial charge in [0.2, 0.25) is 0 Å². The van der Waals surface area contributed by atoms with Gasteiger partial charge in [0.05, 0.1) is 12.7 Å². The largest absolute Gasteiger partial charge is 0.463 e. The molecule has 0 aliphatic carbocycles. The number of carbonyl (C=O) groups excluding carboxylic acids is 1. The molecular weight excluding hydrogens is 240 g/mol. The smallest absolute Gasteiger partial charge is 0.333 e. The molecule has 1 atom stereocenters. The van der Waals surface area contributed by atoms with E-state index >= 15 is 0 Å². The summed E-state index contributed by atoms with van der Waals surface area (Å²) in [5.74, 6) is -0.314. The molecule has 0 saturated heterocycles. The van der Waals surface area contributed by atoms with Crippen LogP contribution in [-0.2, 0) is 9.53 Å². The first kappa shape index (κ1) is 15.4. The van der Waals surface area contributed by atoms with E-state index in [4.69, 9.17) is 4.74 Å². The van der Waals surface area contributed by atoms with Gasteiger partial charge in [0, 0.05) is 5.57 Å². The Morgan fingerprint density at radius 3 is 2.63 bits per heavy atom. The van der Waals surface area contributed by atoms with E-state index in [1.807, 2.05) is 30.3 Å². The quantitative estimate of drug-likeness (QED) is 0.444. The van der Waals surface area contributed by atoms with Gasteiger partial charge in [-0.2, -0.15) is 0 Å². The lowest BCUT2D eigenvalue weighted by Crippen LogP contribution is -2.06. The van der Waals surface area contributed by atoms with E-state index in [1.54, 1.807) is 6.92 Å². The van der Waals surface area contributed by atoms with Gasteiger partial charge in [-0.1, -0.05) is 43.3 Å². The fraction of sp³-hybridized carbons (Fsp3) is 0.438. The van der Waals surface area contributed by atoms with E-state index in [2.05, 4.69) is 6.58 Å². The number of unbranched alkanes of at least 4 members (excludes halogenated alkanes) is 1. The third kappa shape index (κ3) is 5.71. The molecule has 0 aliphatic rings. The number of carbonyl (C=O) groups is 1. The maximum absolute atomic E-state index is 11.3. The van der Waals surface area contributed by atoms with Gasteiger partial charge in [-0.05, 0) is 31.7 Å². The van der Waals surface area contributed by atoms with Crippen molar-refractivity contribution in [3.63, 3.8) is 0 Å². The zero-order valence-electron chi connectivity index (χ0n) is 11.5. The van der Waals surface area contributed by atoms with Gasteiger partial charge in [-0.3, -0.25) is 0 Å². The minimum absolute atomic E-state index is 0.314. The van der Waals surface area contributed by atoms with Crippen LogP contribution < -0.4 is 0 Å². The first-order valence-electron chi connectivity index (χ1n) is 6.73. The van der Waals surface area contributed by atoms with Crippen LogP contribution in [0.25, 0.3) is 0 Å². The molecule has 104 valence electrons. The molecule has 0 amide bonds. The number of ether oxygens (including phenoxy) is 1. The molecule has 0 aromatic heterocycles. The third-order valence-corrected chi connectivity index (χ3v) is 2.95. The maximum atomic E-state index is 11.3. The number of benzene rings is 1. The molecule has 19 heavy (non-hydrogen) atoms. The number of aliphatic hydroxyl groups excluding tert-OH is 1. The van der Waals surface area contributed by atoms with Gasteiger partial charge in [0.15, 0.2) is 0 Å². The number of esters is 1. The Morgan fingerprint density at radius 2 is 2.00 bits per heavy atom. The Hall–Kier alpha value is -1.61. The number of rotatable bonds is 8. The molecule has 3 nitrogen and oxygen atoms in total. The summed E-state index contributed by atoms with van der Waals surface area (Å²) in [5.41, 5.74) is 1.45. The molecule has 1 aromatic rings. The van der Waals surface area contributed by atoms with Crippen molar-refractivity contribution in [2.75, 3.05) is 6.61 Å². The van der Waals surface area contributed by atoms with Crippen LogP contribution in [0, 0.1) is 0 Å². The molecule has 1 aromatic carbocycles. The second kappa shape index (κ2) is 8.48. The summed E-state index contributed by atoms with van der Waals surface area (Å²) in [4.78, 5) is 11.3. The van der Waals surface area contributed by atoms with Crippen LogP contribution in [0.5, 0.6) is 0 Å². The van der Waals surface area contributed by atoms with Crippen molar-refractivity contribution >= 4 is 5.97 Å². The second-order valence-electron chi connectivity index (χ2n) is 4.50. The summed E-state index contributed by atoms with van der Waals surface area (Å²) in [6, 6.07) is 9.60. The van der Waals surface area contributed by atoms with Crippen molar-refractivity contribution in [2.45, 2.75) is 38.7 Å². The van der Waals surface area contributed by atoms with E-state index in [-0.39, 0.29) is 5.97 Å². The van der Waals surface area contributed by atoms with E-state index in [9.17, 15) is 9.90 Å². The summed E-state index contributed by atoms with van der Waals surface area (Å²) in [7, 11) is 0. The van der Waals surface area contributed by atoms with Crippen molar-refractivity contribution in [1.82, 2.24) is 0 Å². The Kier molecular flexibility index (Phi) is 6.90. The summed E-state index contributed by atoms with van der Waals surface area (Å²) in [6.45, 7) is 5.87. The topological polar surface area (TPSA) is 46.5 Å². The maximum Gasteiger partial charge on any atom is 0.333 e. The molecule has 0 heterocycles. The summed E-state index contributed by atoms with van der Waals surface area (Å²) < 4.78 is 4.86. The second-order valence-corrected chi connectivity index (χ2v) is 4.50. The standard InChI is InChI=1S/C16H22O3/c1-3-19-16(18)13(2)9-7-8-12-15(17)14-10-5-4-6-11-14/h4-6,10-11,15,17H,2-3,7-9,12H2,1H3/t15-/m0/s1. The lowest BCUT2D eigenvalue weighted by Gasteiger charge is -2.10. The monoisotopic (exact) mass is 262 g/mol. The van der Waals surface area contributed by atoms with Crippen molar-refractivity contribution in [2.24, 2.45) is 0 Å². The van der Waals surface area contributed by atoms with Crippen molar-refractivity contribution in [3.8, 4) is 0 Å². The average Bonchev–Trinajstić information content (AvgIpc) is 2.44. The Bertz CT molecular complexity index is 398. The molecule has 0 spiro atoms. The van der Waals surface area contributed by atoms with Crippen LogP contribution >= 0.6 is 0 Å². The summed E-state index contributed by atoms with van der Waals surface area (Å²) in [5, 5.41) is 9.97. The lowest BCUT2D eigenvalue weighted by atomic mass is 10.0. The molecule has 0 bridgehead atoms. The zero-order chi connectivity index (χ0) is 14.1. The highest BCUT2D eigenvalue weighted by Gasteiger charge is 2.09. The molecule has 0 unspecified atom stereocenters. The fourth-order valence-electron chi connectivity index (χ4n) is 1.85. The normalized spacial score (nSPS) is 11.9. The Labute approximate surface area is 114 Å². The van der Waals surface area contributed by atoms with Crippen LogP contribution in [0.4, 0.5) is 0 Å². The van der Waals surface area contributed by atoms with Gasteiger partial charge in [-0.15, -0.1) is 0 Å². The highest BCUT2D eigenvalue weighted by Crippen LogP contribution is 2.20. The first-order valence-corrected chi connectivity index (χ1v) is 6.73. The number of aliphatic hydroxyl groups is 1. The van der Waals surface area contributed by atoms with Crippen LogP contribution in [0.1, 0.15) is 44.3 Å². The Morgan fingerprint density at radius 1 is 1.32 bits per heavy atom. The highest BCUT2D eigenvalue weighted by atomic mass is 16.5. The average molecular weight is 262 g/mol. The third-order valence-electron chi connectivity index (χ3n) is 2.95. The molecule has 0 saturated carbocycles. The SMILES string of the molecule is C=C(CCCC[C@H](O)c1ccccc1)C(=O)OCC. The van der Waals surface area contributed by atoms with E-state index < -0.39 is 6.10 Å². The molecule has 3 heteroatoms. The summed E-state index contributed by atoms with van der Waals surface area (Å²) in [6.07, 6.45) is 2.58. The van der Waals surface area contributed by atoms with Crippen LogP contribution in [0.2, 0.25) is 0 Å². The van der Waals surface area contributed by atoms with Gasteiger partial charge < -0.3 is 9.84 Å². The fourth-order valence-corrected chi connectivity index (χ4v) is 1.85. The Balaban J connectivity index is 2.21. The van der Waals surface area contributed by atoms with Gasteiger partial charge in [0.1, 0.15) is 0 Å². The minimum Gasteiger partial charge on any atom is -0.463 e. The predicted molar refractivity (Wildman–Crippen MR) is 75.6 cm³/mol. The van der Waals surface area contributed by atoms with Gasteiger partial charge in [-0.25, -0.2) is 4.79 Å². The summed E-state index contributed by atoms with van der Waals surface area (Å²) >= 11 is 0. The van der Waals surface area contributed by atoms with Crippen molar-refractivity contribution < 1.29 is 14.6 Å². The van der Waals surface area contributed by atoms with Gasteiger partial charge in [0.25, 0.3) is 0 Å². The molecule has 0 radical (unpaired) electrons. The minimum atomic E-state index is -0.433. The predicted octanol–water partition coefficient (Wildman–Crippen LogP) is 3.40. The van der Waals surface area contributed by atoms with Crippen molar-refractivity contribution in [1.29, 1.82) is 0 Å². The zero-order valence-corrected chi connectivity index (χ0v) is 11.5. The van der Waals surface area contributed by atoms with E-state index in [0.29, 0.717) is 25.0 Å². The van der Waals surface area contributed by atoms with Gasteiger partial charge >= 0.3 is 5.97 Å². The first-order chi connectivity index (χ1) is 9.15. The van der Waals surface area contributed by atoms with Crippen molar-refractivity contribution in [3.05, 3.63) is 48.0 Å². The van der Waals surface area contributed by atoms with Crippen LogP contribution in [0.3, 0.4) is 0 Å². The number of hydrogen-bond acceptors (Lipinski definition) is 3. The van der Waals surface area contributed by atoms with E-state index in [1.165, 1.54) is 0 Å². The lowest BCUT2D eigenvalue weighted by molar-refractivity contribution is -0.138. The highest BCUT2D eigenvalue weighted by molar-refractivity contribution is 5.87. The molecular formula is C16H22O3. The molecule has 0 aliphatic heterocycles. The van der Waals surface area contributed by atoms with Crippen LogP contribution in [0.15, 0.2) is 42.5 Å².